The summed E-state index contributed by atoms with van der Waals surface area (Å²) < 4.78 is 10.8. The molecule has 0 spiro atoms. The molecule has 0 radical (unpaired) electrons. The molecular formula is C27H32N2O6. The summed E-state index contributed by atoms with van der Waals surface area (Å²) in [7, 11) is 0. The Labute approximate surface area is 205 Å². The van der Waals surface area contributed by atoms with E-state index in [4.69, 9.17) is 9.47 Å². The third-order valence-corrected chi connectivity index (χ3v) is 6.88. The fourth-order valence-corrected chi connectivity index (χ4v) is 4.92. The van der Waals surface area contributed by atoms with Crippen LogP contribution in [0.4, 0.5) is 4.79 Å². The molecule has 186 valence electrons. The smallest absolute Gasteiger partial charge is 0.407 e. The highest BCUT2D eigenvalue weighted by molar-refractivity contribution is 5.87. The van der Waals surface area contributed by atoms with Crippen LogP contribution in [0.25, 0.3) is 11.1 Å². The summed E-state index contributed by atoms with van der Waals surface area (Å²) in [6.07, 6.45) is 1.30. The molecule has 8 heteroatoms. The van der Waals surface area contributed by atoms with Gasteiger partial charge in [-0.05, 0) is 42.0 Å². The number of carboxylic acid groups (broad SMARTS) is 1. The summed E-state index contributed by atoms with van der Waals surface area (Å²) >= 11 is 0. The first-order valence-corrected chi connectivity index (χ1v) is 12.1. The zero-order valence-corrected chi connectivity index (χ0v) is 19.9. The van der Waals surface area contributed by atoms with Gasteiger partial charge in [-0.1, -0.05) is 48.5 Å². The first kappa shape index (κ1) is 24.7. The van der Waals surface area contributed by atoms with E-state index >= 15 is 0 Å². The Morgan fingerprint density at radius 2 is 1.66 bits per heavy atom. The van der Waals surface area contributed by atoms with Crippen molar-refractivity contribution in [3.05, 3.63) is 59.7 Å². The normalized spacial score (nSPS) is 17.1. The Morgan fingerprint density at radius 1 is 1.06 bits per heavy atom. The quantitative estimate of drug-likeness (QED) is 0.503. The van der Waals surface area contributed by atoms with Crippen molar-refractivity contribution in [2.45, 2.75) is 56.5 Å². The second-order valence-corrected chi connectivity index (χ2v) is 9.31. The van der Waals surface area contributed by atoms with E-state index in [0.717, 1.165) is 11.1 Å². The van der Waals surface area contributed by atoms with E-state index in [-0.39, 0.29) is 43.7 Å². The van der Waals surface area contributed by atoms with Gasteiger partial charge in [-0.15, -0.1) is 0 Å². The van der Waals surface area contributed by atoms with Crippen LogP contribution in [0, 0.1) is 0 Å². The van der Waals surface area contributed by atoms with E-state index in [1.807, 2.05) is 31.2 Å². The molecular weight excluding hydrogens is 448 g/mol. The minimum absolute atomic E-state index is 0.00102. The summed E-state index contributed by atoms with van der Waals surface area (Å²) in [5.74, 6) is -1.33. The van der Waals surface area contributed by atoms with E-state index < -0.39 is 17.6 Å². The highest BCUT2D eigenvalue weighted by atomic mass is 16.5. The lowest BCUT2D eigenvalue weighted by atomic mass is 9.90. The lowest BCUT2D eigenvalue weighted by Crippen LogP contribution is -2.57. The van der Waals surface area contributed by atoms with E-state index in [0.29, 0.717) is 26.1 Å². The molecule has 8 nitrogen and oxygen atoms in total. The number of ether oxygens (including phenoxy) is 2. The van der Waals surface area contributed by atoms with E-state index in [9.17, 15) is 19.5 Å². The second kappa shape index (κ2) is 10.9. The van der Waals surface area contributed by atoms with Crippen molar-refractivity contribution in [2.75, 3.05) is 19.8 Å². The number of alkyl carbamates (subject to hydrolysis) is 1. The molecule has 2 aromatic carbocycles. The molecule has 1 aliphatic heterocycles. The van der Waals surface area contributed by atoms with Crippen LogP contribution < -0.4 is 10.6 Å². The molecule has 3 N–H and O–H groups in total. The van der Waals surface area contributed by atoms with Crippen molar-refractivity contribution < 1.29 is 29.0 Å². The van der Waals surface area contributed by atoms with Gasteiger partial charge < -0.3 is 25.2 Å². The van der Waals surface area contributed by atoms with Crippen LogP contribution in [0.5, 0.6) is 0 Å². The number of carbonyl (C=O) groups excluding carboxylic acids is 2. The van der Waals surface area contributed by atoms with Gasteiger partial charge in [-0.3, -0.25) is 4.79 Å². The van der Waals surface area contributed by atoms with Crippen LogP contribution in [0.2, 0.25) is 0 Å². The predicted molar refractivity (Wildman–Crippen MR) is 130 cm³/mol. The highest BCUT2D eigenvalue weighted by Crippen LogP contribution is 2.44. The second-order valence-electron chi connectivity index (χ2n) is 9.31. The first-order valence-electron chi connectivity index (χ1n) is 12.1. The standard InChI is InChI=1S/C27H32N2O6/c1-18(7-6-12-24(30)29-27(25(31)32)13-15-34-16-14-27)28-26(33)35-17-23-21-10-4-2-8-19(21)20-9-3-5-11-22(20)23/h2-5,8-11,18,23H,6-7,12-17H2,1H3,(H,28,33)(H,29,30)(H,31,32). The van der Waals surface area contributed by atoms with Crippen molar-refractivity contribution in [1.29, 1.82) is 0 Å². The van der Waals surface area contributed by atoms with Gasteiger partial charge in [0.05, 0.1) is 0 Å². The Hall–Kier alpha value is -3.39. The zero-order chi connectivity index (χ0) is 24.8. The number of fused-ring (bicyclic) bond motifs is 3. The van der Waals surface area contributed by atoms with Gasteiger partial charge in [-0.2, -0.15) is 0 Å². The number of benzene rings is 2. The lowest BCUT2D eigenvalue weighted by molar-refractivity contribution is -0.152. The summed E-state index contributed by atoms with van der Waals surface area (Å²) in [5, 5.41) is 15.1. The maximum Gasteiger partial charge on any atom is 0.407 e. The number of rotatable bonds is 9. The van der Waals surface area contributed by atoms with Crippen molar-refractivity contribution in [3.63, 3.8) is 0 Å². The van der Waals surface area contributed by atoms with Crippen molar-refractivity contribution in [2.24, 2.45) is 0 Å². The summed E-state index contributed by atoms with van der Waals surface area (Å²) in [6.45, 7) is 2.73. The summed E-state index contributed by atoms with van der Waals surface area (Å²) in [4.78, 5) is 36.4. The molecule has 0 bridgehead atoms. The van der Waals surface area contributed by atoms with Crippen LogP contribution in [0.15, 0.2) is 48.5 Å². The molecule has 1 atom stereocenters. The van der Waals surface area contributed by atoms with E-state index in [1.54, 1.807) is 0 Å². The van der Waals surface area contributed by atoms with E-state index in [1.165, 1.54) is 11.1 Å². The fourth-order valence-electron chi connectivity index (χ4n) is 4.92. The third-order valence-electron chi connectivity index (χ3n) is 6.88. The molecule has 0 saturated carbocycles. The van der Waals surface area contributed by atoms with Gasteiger partial charge in [0.15, 0.2) is 0 Å². The SMILES string of the molecule is CC(CCCC(=O)NC1(C(=O)O)CCOCC1)NC(=O)OCC1c2ccccc2-c2ccccc21. The Kier molecular flexibility index (Phi) is 7.70. The number of carboxylic acids is 1. The minimum Gasteiger partial charge on any atom is -0.480 e. The highest BCUT2D eigenvalue weighted by Gasteiger charge is 2.41. The van der Waals surface area contributed by atoms with Gasteiger partial charge in [0.1, 0.15) is 12.1 Å². The summed E-state index contributed by atoms with van der Waals surface area (Å²) in [5.41, 5.74) is 3.41. The van der Waals surface area contributed by atoms with E-state index in [2.05, 4.69) is 34.9 Å². The van der Waals surface area contributed by atoms with Crippen LogP contribution >= 0.6 is 0 Å². The van der Waals surface area contributed by atoms with Gasteiger partial charge in [0.2, 0.25) is 5.91 Å². The molecule has 1 heterocycles. The summed E-state index contributed by atoms with van der Waals surface area (Å²) in [6, 6.07) is 16.2. The van der Waals surface area contributed by atoms with Crippen LogP contribution in [0.1, 0.15) is 56.1 Å². The number of aliphatic carboxylic acids is 1. The topological polar surface area (TPSA) is 114 Å². The molecule has 1 saturated heterocycles. The predicted octanol–water partition coefficient (Wildman–Crippen LogP) is 3.83. The third kappa shape index (κ3) is 5.65. The molecule has 2 amide bonds. The maximum absolute atomic E-state index is 12.4. The largest absolute Gasteiger partial charge is 0.480 e. The monoisotopic (exact) mass is 480 g/mol. The molecule has 35 heavy (non-hydrogen) atoms. The zero-order valence-electron chi connectivity index (χ0n) is 19.9. The van der Waals surface area contributed by atoms with Crippen LogP contribution in [-0.2, 0) is 19.1 Å². The van der Waals surface area contributed by atoms with Gasteiger partial charge >= 0.3 is 12.1 Å². The number of nitrogens with one attached hydrogen (secondary N) is 2. The van der Waals surface area contributed by atoms with Gasteiger partial charge in [0, 0.05) is 44.4 Å². The average Bonchev–Trinajstić information content (AvgIpc) is 3.17. The Morgan fingerprint density at radius 3 is 2.26 bits per heavy atom. The van der Waals surface area contributed by atoms with Gasteiger partial charge in [0.25, 0.3) is 0 Å². The average molecular weight is 481 g/mol. The maximum atomic E-state index is 12.4. The first-order chi connectivity index (χ1) is 16.9. The Balaban J connectivity index is 1.21. The minimum atomic E-state index is -1.25. The molecule has 2 aliphatic rings. The van der Waals surface area contributed by atoms with Crippen LogP contribution in [-0.4, -0.2) is 54.5 Å². The van der Waals surface area contributed by atoms with Crippen molar-refractivity contribution in [3.8, 4) is 11.1 Å². The molecule has 1 aliphatic carbocycles. The molecule has 0 aromatic heterocycles. The van der Waals surface area contributed by atoms with Gasteiger partial charge in [-0.25, -0.2) is 9.59 Å². The number of carbonyl (C=O) groups is 3. The molecule has 2 aromatic rings. The lowest BCUT2D eigenvalue weighted by Gasteiger charge is -2.33. The van der Waals surface area contributed by atoms with Crippen LogP contribution in [0.3, 0.4) is 0 Å². The van der Waals surface area contributed by atoms with Crippen molar-refractivity contribution >= 4 is 18.0 Å². The van der Waals surface area contributed by atoms with Crippen molar-refractivity contribution in [1.82, 2.24) is 10.6 Å². The molecule has 1 fully saturated rings. The molecule has 4 rings (SSSR count). The number of amides is 2. The Bertz CT molecular complexity index is 1030. The molecule has 1 unspecified atom stereocenters. The number of hydrogen-bond donors (Lipinski definition) is 3. The number of hydrogen-bond acceptors (Lipinski definition) is 5. The fraction of sp³-hybridized carbons (Fsp3) is 0.444.